The Labute approximate surface area is 91.7 Å². The SMILES string of the molecule is NNC(=O)OC(=O)NCc1ccc(N)cc1. The van der Waals surface area contributed by atoms with Gasteiger partial charge in [-0.2, -0.15) is 0 Å². The molecule has 0 aliphatic rings. The molecule has 0 radical (unpaired) electrons. The van der Waals surface area contributed by atoms with Crippen molar-refractivity contribution in [2.75, 3.05) is 5.73 Å². The number of amides is 2. The molecule has 0 fully saturated rings. The average molecular weight is 224 g/mol. The van der Waals surface area contributed by atoms with E-state index in [-0.39, 0.29) is 6.54 Å². The van der Waals surface area contributed by atoms with Crippen molar-refractivity contribution in [1.82, 2.24) is 10.7 Å². The molecular formula is C9H12N4O3. The van der Waals surface area contributed by atoms with Crippen molar-refractivity contribution in [3.05, 3.63) is 29.8 Å². The molecule has 0 aliphatic carbocycles. The molecule has 1 aromatic rings. The highest BCUT2D eigenvalue weighted by Gasteiger charge is 2.07. The molecule has 0 atom stereocenters. The zero-order valence-corrected chi connectivity index (χ0v) is 8.40. The van der Waals surface area contributed by atoms with E-state index in [0.717, 1.165) is 5.56 Å². The third kappa shape index (κ3) is 3.84. The smallest absolute Gasteiger partial charge is 0.399 e. The zero-order valence-electron chi connectivity index (χ0n) is 8.40. The minimum atomic E-state index is -1.02. The number of anilines is 1. The first kappa shape index (κ1) is 11.8. The molecule has 0 saturated carbocycles. The third-order valence-corrected chi connectivity index (χ3v) is 1.72. The predicted molar refractivity (Wildman–Crippen MR) is 56.9 cm³/mol. The quantitative estimate of drug-likeness (QED) is 0.186. The normalized spacial score (nSPS) is 9.31. The number of alkyl carbamates (subject to hydrolysis) is 1. The van der Waals surface area contributed by atoms with Crippen LogP contribution in [0, 0.1) is 0 Å². The summed E-state index contributed by atoms with van der Waals surface area (Å²) in [5.41, 5.74) is 8.62. The molecule has 7 heteroatoms. The second kappa shape index (κ2) is 5.56. The van der Waals surface area contributed by atoms with Crippen LogP contribution in [0.5, 0.6) is 0 Å². The lowest BCUT2D eigenvalue weighted by molar-refractivity contribution is 0.150. The molecule has 86 valence electrons. The molecule has 0 spiro atoms. The van der Waals surface area contributed by atoms with Crippen molar-refractivity contribution in [3.63, 3.8) is 0 Å². The Morgan fingerprint density at radius 1 is 1.19 bits per heavy atom. The standard InChI is InChI=1S/C9H12N4O3/c10-7-3-1-6(2-4-7)5-12-8(14)16-9(15)13-11/h1-4H,5,10-11H2,(H,12,14)(H,13,15). The molecule has 0 aromatic heterocycles. The van der Waals surface area contributed by atoms with E-state index in [9.17, 15) is 9.59 Å². The Morgan fingerprint density at radius 2 is 1.81 bits per heavy atom. The molecule has 2 amide bonds. The van der Waals surface area contributed by atoms with Gasteiger partial charge in [-0.25, -0.2) is 15.4 Å². The fraction of sp³-hybridized carbons (Fsp3) is 0.111. The monoisotopic (exact) mass is 224 g/mol. The van der Waals surface area contributed by atoms with E-state index in [1.54, 1.807) is 29.7 Å². The molecule has 1 aromatic carbocycles. The molecule has 0 heterocycles. The number of nitrogens with one attached hydrogen (secondary N) is 2. The summed E-state index contributed by atoms with van der Waals surface area (Å²) in [5.74, 6) is 4.73. The summed E-state index contributed by atoms with van der Waals surface area (Å²) in [5, 5.41) is 2.37. The number of carbonyl (C=O) groups is 2. The largest absolute Gasteiger partial charge is 0.430 e. The Kier molecular flexibility index (Phi) is 4.10. The predicted octanol–water partition coefficient (Wildman–Crippen LogP) is 0.0783. The Balaban J connectivity index is 2.37. The molecule has 0 unspecified atom stereocenters. The van der Waals surface area contributed by atoms with Gasteiger partial charge in [0.15, 0.2) is 0 Å². The lowest BCUT2D eigenvalue weighted by Crippen LogP contribution is -2.36. The fourth-order valence-electron chi connectivity index (χ4n) is 0.959. The molecule has 0 saturated heterocycles. The van der Waals surface area contributed by atoms with Crippen molar-refractivity contribution in [2.24, 2.45) is 5.84 Å². The van der Waals surface area contributed by atoms with Crippen LogP contribution in [0.4, 0.5) is 15.3 Å². The Hall–Kier alpha value is -2.28. The van der Waals surface area contributed by atoms with Gasteiger partial charge in [-0.05, 0) is 17.7 Å². The number of hydrogen-bond donors (Lipinski definition) is 4. The van der Waals surface area contributed by atoms with Crippen molar-refractivity contribution in [3.8, 4) is 0 Å². The first-order chi connectivity index (χ1) is 7.61. The Bertz CT molecular complexity index is 377. The van der Waals surface area contributed by atoms with Crippen LogP contribution in [0.15, 0.2) is 24.3 Å². The maximum Gasteiger partial charge on any atom is 0.430 e. The first-order valence-electron chi connectivity index (χ1n) is 4.42. The fourth-order valence-corrected chi connectivity index (χ4v) is 0.959. The number of carbonyl (C=O) groups excluding carboxylic acids is 2. The van der Waals surface area contributed by atoms with E-state index in [1.807, 2.05) is 0 Å². The van der Waals surface area contributed by atoms with Gasteiger partial charge in [-0.3, -0.25) is 5.43 Å². The van der Waals surface area contributed by atoms with E-state index >= 15 is 0 Å². The van der Waals surface area contributed by atoms with Crippen molar-refractivity contribution >= 4 is 17.9 Å². The van der Waals surface area contributed by atoms with E-state index in [0.29, 0.717) is 5.69 Å². The van der Waals surface area contributed by atoms with Gasteiger partial charge in [0.05, 0.1) is 0 Å². The number of hydrogen-bond acceptors (Lipinski definition) is 5. The first-order valence-corrected chi connectivity index (χ1v) is 4.42. The van der Waals surface area contributed by atoms with Gasteiger partial charge in [0.25, 0.3) is 0 Å². The van der Waals surface area contributed by atoms with Crippen molar-refractivity contribution in [1.29, 1.82) is 0 Å². The maximum atomic E-state index is 11.0. The summed E-state index contributed by atoms with van der Waals surface area (Å²) >= 11 is 0. The van der Waals surface area contributed by atoms with Gasteiger partial charge in [0.1, 0.15) is 0 Å². The highest BCUT2D eigenvalue weighted by molar-refractivity contribution is 5.83. The summed E-state index contributed by atoms with van der Waals surface area (Å²) in [6.07, 6.45) is -1.89. The van der Waals surface area contributed by atoms with Crippen molar-refractivity contribution < 1.29 is 14.3 Å². The van der Waals surface area contributed by atoms with E-state index < -0.39 is 12.2 Å². The molecule has 0 aliphatic heterocycles. The van der Waals surface area contributed by atoms with Gasteiger partial charge in [-0.15, -0.1) is 0 Å². The van der Waals surface area contributed by atoms with Crippen LogP contribution < -0.4 is 22.3 Å². The van der Waals surface area contributed by atoms with Gasteiger partial charge < -0.3 is 15.8 Å². The maximum absolute atomic E-state index is 11.0. The minimum Gasteiger partial charge on any atom is -0.399 e. The van der Waals surface area contributed by atoms with Crippen LogP contribution in [0.1, 0.15) is 5.56 Å². The second-order valence-electron chi connectivity index (χ2n) is 2.92. The molecule has 1 rings (SSSR count). The number of rotatable bonds is 2. The molecule has 16 heavy (non-hydrogen) atoms. The molecule has 0 bridgehead atoms. The topological polar surface area (TPSA) is 119 Å². The number of nitrogen functional groups attached to an aromatic ring is 1. The van der Waals surface area contributed by atoms with Crippen molar-refractivity contribution in [2.45, 2.75) is 6.54 Å². The van der Waals surface area contributed by atoms with Gasteiger partial charge in [-0.1, -0.05) is 12.1 Å². The van der Waals surface area contributed by atoms with E-state index in [1.165, 1.54) is 0 Å². The summed E-state index contributed by atoms with van der Waals surface area (Å²) in [6, 6.07) is 6.90. The number of benzene rings is 1. The highest BCUT2D eigenvalue weighted by atomic mass is 16.6. The van der Waals surface area contributed by atoms with Gasteiger partial charge in [0.2, 0.25) is 0 Å². The summed E-state index contributed by atoms with van der Waals surface area (Å²) in [7, 11) is 0. The van der Waals surface area contributed by atoms with Crippen LogP contribution in [0.3, 0.4) is 0 Å². The lowest BCUT2D eigenvalue weighted by Gasteiger charge is -2.05. The summed E-state index contributed by atoms with van der Waals surface area (Å²) in [4.78, 5) is 21.5. The number of ether oxygens (including phenoxy) is 1. The van der Waals surface area contributed by atoms with E-state index in [2.05, 4.69) is 10.1 Å². The lowest BCUT2D eigenvalue weighted by atomic mass is 10.2. The highest BCUT2D eigenvalue weighted by Crippen LogP contribution is 2.04. The Morgan fingerprint density at radius 3 is 2.38 bits per heavy atom. The summed E-state index contributed by atoms with van der Waals surface area (Å²) < 4.78 is 4.20. The van der Waals surface area contributed by atoms with Crippen LogP contribution in [0.25, 0.3) is 0 Å². The van der Waals surface area contributed by atoms with Gasteiger partial charge >= 0.3 is 12.2 Å². The molecule has 6 N–H and O–H groups in total. The minimum absolute atomic E-state index is 0.233. The number of hydrazine groups is 1. The van der Waals surface area contributed by atoms with Crippen LogP contribution >= 0.6 is 0 Å². The third-order valence-electron chi connectivity index (χ3n) is 1.72. The van der Waals surface area contributed by atoms with Crippen LogP contribution in [0.2, 0.25) is 0 Å². The molecular weight excluding hydrogens is 212 g/mol. The van der Waals surface area contributed by atoms with Crippen LogP contribution in [-0.2, 0) is 11.3 Å². The number of nitrogens with two attached hydrogens (primary N) is 2. The van der Waals surface area contributed by atoms with Gasteiger partial charge in [0, 0.05) is 12.2 Å². The average Bonchev–Trinajstić information content (AvgIpc) is 2.28. The van der Waals surface area contributed by atoms with E-state index in [4.69, 9.17) is 11.6 Å². The van der Waals surface area contributed by atoms with Crippen LogP contribution in [-0.4, -0.2) is 12.2 Å². The second-order valence-corrected chi connectivity index (χ2v) is 2.92. The summed E-state index contributed by atoms with van der Waals surface area (Å²) in [6.45, 7) is 0.233. The zero-order chi connectivity index (χ0) is 12.0. The molecule has 7 nitrogen and oxygen atoms in total.